The number of esters is 1. The third-order valence-electron chi connectivity index (χ3n) is 2.87. The van der Waals surface area contributed by atoms with Crippen molar-refractivity contribution < 1.29 is 14.3 Å². The molecule has 22 heavy (non-hydrogen) atoms. The fourth-order valence-electron chi connectivity index (χ4n) is 1.75. The zero-order valence-corrected chi connectivity index (χ0v) is 13.1. The Morgan fingerprint density at radius 2 is 1.95 bits per heavy atom. The minimum Gasteiger partial charge on any atom is -0.487 e. The van der Waals surface area contributed by atoms with Gasteiger partial charge in [-0.05, 0) is 24.6 Å². The summed E-state index contributed by atoms with van der Waals surface area (Å²) >= 11 is 0. The molecule has 5 nitrogen and oxygen atoms in total. The predicted molar refractivity (Wildman–Crippen MR) is 85.8 cm³/mol. The number of hydrogen-bond donors (Lipinski definition) is 1. The van der Waals surface area contributed by atoms with E-state index in [0.717, 1.165) is 5.56 Å². The van der Waals surface area contributed by atoms with Crippen molar-refractivity contribution in [1.29, 1.82) is 0 Å². The highest BCUT2D eigenvalue weighted by Crippen LogP contribution is 2.15. The fraction of sp³-hybridized carbons (Fsp3) is 0.250. The number of pyridine rings is 1. The van der Waals surface area contributed by atoms with Gasteiger partial charge in [-0.3, -0.25) is 4.98 Å². The first-order valence-corrected chi connectivity index (χ1v) is 6.75. The quantitative estimate of drug-likeness (QED) is 0.827. The van der Waals surface area contributed by atoms with Gasteiger partial charge in [0.1, 0.15) is 18.4 Å². The zero-order chi connectivity index (χ0) is 15.1. The molecule has 0 radical (unpaired) electrons. The molecule has 0 bridgehead atoms. The lowest BCUT2D eigenvalue weighted by atomic mass is 10.2. The molecule has 2 rings (SSSR count). The molecule has 6 heteroatoms. The van der Waals surface area contributed by atoms with Gasteiger partial charge in [0.25, 0.3) is 0 Å². The maximum atomic E-state index is 11.5. The molecule has 2 N–H and O–H groups in total. The SMILES string of the molecule is CCOC(=O)C(N)c1ccc(OCc2ccccc2)cn1.Cl. The average Bonchev–Trinajstić information content (AvgIpc) is 2.54. The summed E-state index contributed by atoms with van der Waals surface area (Å²) in [7, 11) is 0. The van der Waals surface area contributed by atoms with Crippen LogP contribution >= 0.6 is 12.4 Å². The van der Waals surface area contributed by atoms with E-state index in [1.807, 2.05) is 30.3 Å². The van der Waals surface area contributed by atoms with Crippen molar-refractivity contribution in [3.8, 4) is 5.75 Å². The number of rotatable bonds is 6. The molecule has 0 aliphatic carbocycles. The van der Waals surface area contributed by atoms with Crippen LogP contribution in [0.2, 0.25) is 0 Å². The van der Waals surface area contributed by atoms with Gasteiger partial charge in [0, 0.05) is 0 Å². The maximum absolute atomic E-state index is 11.5. The van der Waals surface area contributed by atoms with Crippen LogP contribution in [0.25, 0.3) is 0 Å². The van der Waals surface area contributed by atoms with Crippen molar-refractivity contribution in [2.75, 3.05) is 6.61 Å². The number of aromatic nitrogens is 1. The van der Waals surface area contributed by atoms with Crippen molar-refractivity contribution in [2.45, 2.75) is 19.6 Å². The van der Waals surface area contributed by atoms with Crippen molar-refractivity contribution in [1.82, 2.24) is 4.98 Å². The number of carbonyl (C=O) groups is 1. The molecule has 0 fully saturated rings. The highest BCUT2D eigenvalue weighted by molar-refractivity contribution is 5.85. The monoisotopic (exact) mass is 322 g/mol. The van der Waals surface area contributed by atoms with E-state index in [0.29, 0.717) is 24.7 Å². The Labute approximate surface area is 135 Å². The van der Waals surface area contributed by atoms with Crippen molar-refractivity contribution in [2.24, 2.45) is 5.73 Å². The molecule has 0 aliphatic heterocycles. The van der Waals surface area contributed by atoms with E-state index in [1.54, 1.807) is 25.3 Å². The topological polar surface area (TPSA) is 74.4 Å². The first kappa shape index (κ1) is 17.9. The average molecular weight is 323 g/mol. The molecule has 0 saturated heterocycles. The molecule has 0 aliphatic rings. The number of hydrogen-bond acceptors (Lipinski definition) is 5. The Balaban J connectivity index is 0.00000242. The summed E-state index contributed by atoms with van der Waals surface area (Å²) in [4.78, 5) is 15.7. The van der Waals surface area contributed by atoms with Crippen molar-refractivity contribution >= 4 is 18.4 Å². The number of nitrogens with two attached hydrogens (primary N) is 1. The molecule has 0 amide bonds. The second-order valence-corrected chi connectivity index (χ2v) is 4.42. The van der Waals surface area contributed by atoms with Gasteiger partial charge in [0.2, 0.25) is 0 Å². The molecule has 0 spiro atoms. The van der Waals surface area contributed by atoms with E-state index < -0.39 is 12.0 Å². The molecule has 2 aromatic rings. The molecule has 0 saturated carbocycles. The maximum Gasteiger partial charge on any atom is 0.329 e. The summed E-state index contributed by atoms with van der Waals surface area (Å²) in [5.41, 5.74) is 7.29. The molecule has 1 heterocycles. The second-order valence-electron chi connectivity index (χ2n) is 4.42. The van der Waals surface area contributed by atoms with Gasteiger partial charge in [0.15, 0.2) is 0 Å². The number of benzene rings is 1. The van der Waals surface area contributed by atoms with Crippen LogP contribution in [0.5, 0.6) is 5.75 Å². The normalized spacial score (nSPS) is 11.2. The van der Waals surface area contributed by atoms with Crippen molar-refractivity contribution in [3.05, 3.63) is 59.9 Å². The van der Waals surface area contributed by atoms with Gasteiger partial charge in [-0.1, -0.05) is 30.3 Å². The Morgan fingerprint density at radius 1 is 1.23 bits per heavy atom. The van der Waals surface area contributed by atoms with Gasteiger partial charge in [-0.25, -0.2) is 4.79 Å². The van der Waals surface area contributed by atoms with Crippen LogP contribution in [0.3, 0.4) is 0 Å². The predicted octanol–water partition coefficient (Wildman–Crippen LogP) is 2.65. The number of halogens is 1. The summed E-state index contributed by atoms with van der Waals surface area (Å²) in [6.07, 6.45) is 1.55. The van der Waals surface area contributed by atoms with Crippen LogP contribution in [0, 0.1) is 0 Å². The first-order chi connectivity index (χ1) is 10.2. The lowest BCUT2D eigenvalue weighted by Gasteiger charge is -2.11. The van der Waals surface area contributed by atoms with Crippen LogP contribution in [0.4, 0.5) is 0 Å². The van der Waals surface area contributed by atoms with Crippen LogP contribution in [0.1, 0.15) is 24.2 Å². The van der Waals surface area contributed by atoms with Crippen molar-refractivity contribution in [3.63, 3.8) is 0 Å². The van der Waals surface area contributed by atoms with E-state index in [9.17, 15) is 4.79 Å². The standard InChI is InChI=1S/C16H18N2O3.ClH/c1-2-20-16(19)15(17)14-9-8-13(10-18-14)21-11-12-6-4-3-5-7-12;/h3-10,15H,2,11,17H2,1H3;1H. The largest absolute Gasteiger partial charge is 0.487 e. The number of carbonyl (C=O) groups excluding carboxylic acids is 1. The molecule has 1 aromatic heterocycles. The Hall–Kier alpha value is -2.11. The molecule has 1 atom stereocenters. The fourth-order valence-corrected chi connectivity index (χ4v) is 1.75. The molecule has 1 unspecified atom stereocenters. The van der Waals surface area contributed by atoms with E-state index in [4.69, 9.17) is 15.2 Å². The lowest BCUT2D eigenvalue weighted by Crippen LogP contribution is -2.24. The summed E-state index contributed by atoms with van der Waals surface area (Å²) < 4.78 is 10.5. The van der Waals surface area contributed by atoms with E-state index in [-0.39, 0.29) is 12.4 Å². The highest BCUT2D eigenvalue weighted by Gasteiger charge is 2.18. The lowest BCUT2D eigenvalue weighted by molar-refractivity contribution is -0.144. The first-order valence-electron chi connectivity index (χ1n) is 6.75. The number of ether oxygens (including phenoxy) is 2. The third kappa shape index (κ3) is 5.02. The van der Waals surface area contributed by atoms with Gasteiger partial charge >= 0.3 is 5.97 Å². The van der Waals surface area contributed by atoms with Gasteiger partial charge in [-0.15, -0.1) is 12.4 Å². The van der Waals surface area contributed by atoms with Gasteiger partial charge in [-0.2, -0.15) is 0 Å². The smallest absolute Gasteiger partial charge is 0.329 e. The Morgan fingerprint density at radius 3 is 2.55 bits per heavy atom. The van der Waals surface area contributed by atoms with Crippen LogP contribution in [0.15, 0.2) is 48.7 Å². The Kier molecular flexibility index (Phi) is 7.36. The molecule has 1 aromatic carbocycles. The zero-order valence-electron chi connectivity index (χ0n) is 12.3. The van der Waals surface area contributed by atoms with Crippen LogP contribution < -0.4 is 10.5 Å². The third-order valence-corrected chi connectivity index (χ3v) is 2.87. The van der Waals surface area contributed by atoms with Crippen LogP contribution in [-0.4, -0.2) is 17.6 Å². The van der Waals surface area contributed by atoms with E-state index in [1.165, 1.54) is 0 Å². The molecule has 118 valence electrons. The summed E-state index contributed by atoms with van der Waals surface area (Å²) in [6, 6.07) is 12.4. The number of nitrogens with zero attached hydrogens (tertiary/aromatic N) is 1. The minimum absolute atomic E-state index is 0. The van der Waals surface area contributed by atoms with E-state index in [2.05, 4.69) is 4.98 Å². The second kappa shape index (κ2) is 9.02. The summed E-state index contributed by atoms with van der Waals surface area (Å²) in [5, 5.41) is 0. The van der Waals surface area contributed by atoms with E-state index >= 15 is 0 Å². The summed E-state index contributed by atoms with van der Waals surface area (Å²) in [5.74, 6) is 0.140. The van der Waals surface area contributed by atoms with Gasteiger partial charge < -0.3 is 15.2 Å². The Bertz CT molecular complexity index is 576. The minimum atomic E-state index is -0.867. The highest BCUT2D eigenvalue weighted by atomic mass is 35.5. The van der Waals surface area contributed by atoms with Crippen LogP contribution in [-0.2, 0) is 16.1 Å². The summed E-state index contributed by atoms with van der Waals surface area (Å²) in [6.45, 7) is 2.50. The van der Waals surface area contributed by atoms with Gasteiger partial charge in [0.05, 0.1) is 18.5 Å². The molecular formula is C16H19ClN2O3. The molecular weight excluding hydrogens is 304 g/mol.